The molecule has 0 aliphatic carbocycles. The molecule has 0 spiro atoms. The number of ether oxygens (including phenoxy) is 2. The summed E-state index contributed by atoms with van der Waals surface area (Å²) in [4.78, 5) is 13.1. The third-order valence-electron chi connectivity index (χ3n) is 11.6. The van der Waals surface area contributed by atoms with Crippen LogP contribution in [0.15, 0.2) is 12.2 Å². The number of hydrogen-bond acceptors (Lipinski definition) is 10. The van der Waals surface area contributed by atoms with Crippen molar-refractivity contribution in [3.05, 3.63) is 12.2 Å². The Balaban J connectivity index is 2.43. The highest BCUT2D eigenvalue weighted by Crippen LogP contribution is 2.23. The van der Waals surface area contributed by atoms with Crippen molar-refractivity contribution in [2.24, 2.45) is 0 Å². The molecule has 0 aromatic rings. The van der Waals surface area contributed by atoms with Crippen molar-refractivity contribution in [3.8, 4) is 0 Å². The van der Waals surface area contributed by atoms with E-state index in [4.69, 9.17) is 9.47 Å². The fourth-order valence-corrected chi connectivity index (χ4v) is 7.62. The number of aliphatic hydroxyl groups is 7. The molecule has 11 heteroatoms. The molecule has 0 radical (unpaired) electrons. The number of unbranched alkanes of at least 4 members (excludes halogenated alkanes) is 25. The van der Waals surface area contributed by atoms with Gasteiger partial charge in [-0.2, -0.15) is 0 Å². The SMILES string of the molecule is CCCCCCCCC/C=C/CCC[C@@H](O)[C@@H](O)[C@H](CO[C@@H]1O[C@H](CO)[C@@H](O)[C@H](O)[C@H]1O)NC(=O)C(O)CCCCCCCCCCCCCCCCCCCC. The van der Waals surface area contributed by atoms with E-state index in [2.05, 4.69) is 31.3 Å². The molecule has 0 bridgehead atoms. The highest BCUT2D eigenvalue weighted by atomic mass is 16.7. The molecule has 1 saturated heterocycles. The number of rotatable bonds is 39. The van der Waals surface area contributed by atoms with Crippen molar-refractivity contribution in [3.63, 3.8) is 0 Å². The van der Waals surface area contributed by atoms with Crippen LogP contribution in [0.1, 0.15) is 206 Å². The zero-order valence-corrected chi connectivity index (χ0v) is 36.3. The van der Waals surface area contributed by atoms with Crippen LogP contribution in [-0.2, 0) is 14.3 Å². The van der Waals surface area contributed by atoms with Gasteiger partial charge in [-0.15, -0.1) is 0 Å². The van der Waals surface area contributed by atoms with Gasteiger partial charge in [0.25, 0.3) is 0 Å². The Bertz CT molecular complexity index is 939. The molecular formula is C46H89NO10. The molecule has 338 valence electrons. The van der Waals surface area contributed by atoms with Gasteiger partial charge in [0.15, 0.2) is 6.29 Å². The van der Waals surface area contributed by atoms with Gasteiger partial charge in [0.05, 0.1) is 25.4 Å². The molecule has 0 aromatic carbocycles. The van der Waals surface area contributed by atoms with Gasteiger partial charge in [-0.3, -0.25) is 4.79 Å². The smallest absolute Gasteiger partial charge is 0.249 e. The van der Waals surface area contributed by atoms with Crippen molar-refractivity contribution in [2.45, 2.75) is 262 Å². The Morgan fingerprint density at radius 1 is 0.596 bits per heavy atom. The monoisotopic (exact) mass is 816 g/mol. The molecule has 1 amide bonds. The first-order chi connectivity index (χ1) is 27.7. The maximum Gasteiger partial charge on any atom is 0.249 e. The number of nitrogens with one attached hydrogen (secondary N) is 1. The maximum absolute atomic E-state index is 13.1. The summed E-state index contributed by atoms with van der Waals surface area (Å²) in [5.41, 5.74) is 0. The first-order valence-electron chi connectivity index (χ1n) is 23.6. The van der Waals surface area contributed by atoms with Gasteiger partial charge in [-0.05, 0) is 38.5 Å². The second-order valence-corrected chi connectivity index (χ2v) is 16.8. The van der Waals surface area contributed by atoms with Gasteiger partial charge in [-0.1, -0.05) is 180 Å². The second kappa shape index (κ2) is 36.7. The van der Waals surface area contributed by atoms with E-state index >= 15 is 0 Å². The summed E-state index contributed by atoms with van der Waals surface area (Å²) in [5.74, 6) is -0.705. The van der Waals surface area contributed by atoms with E-state index < -0.39 is 74.2 Å². The lowest BCUT2D eigenvalue weighted by molar-refractivity contribution is -0.303. The fourth-order valence-electron chi connectivity index (χ4n) is 7.62. The van der Waals surface area contributed by atoms with Crippen molar-refractivity contribution in [1.82, 2.24) is 5.32 Å². The summed E-state index contributed by atoms with van der Waals surface area (Å²) in [7, 11) is 0. The average molecular weight is 816 g/mol. The minimum atomic E-state index is -1.66. The van der Waals surface area contributed by atoms with Gasteiger partial charge in [0, 0.05) is 0 Å². The highest BCUT2D eigenvalue weighted by Gasteiger charge is 2.44. The number of carbonyl (C=O) groups is 1. The third kappa shape index (κ3) is 26.6. The van der Waals surface area contributed by atoms with Crippen molar-refractivity contribution in [2.75, 3.05) is 13.2 Å². The first-order valence-corrected chi connectivity index (χ1v) is 23.6. The summed E-state index contributed by atoms with van der Waals surface area (Å²) >= 11 is 0. The molecule has 9 atom stereocenters. The van der Waals surface area contributed by atoms with Gasteiger partial charge >= 0.3 is 0 Å². The molecular weight excluding hydrogens is 727 g/mol. The second-order valence-electron chi connectivity index (χ2n) is 16.8. The summed E-state index contributed by atoms with van der Waals surface area (Å²) in [6.45, 7) is 3.42. The topological polar surface area (TPSA) is 189 Å². The molecule has 1 aliphatic heterocycles. The molecule has 1 heterocycles. The Labute approximate surface area is 347 Å². The Kier molecular flexibility index (Phi) is 34.7. The van der Waals surface area contributed by atoms with Gasteiger partial charge in [0.1, 0.15) is 36.6 Å². The minimum Gasteiger partial charge on any atom is -0.394 e. The quantitative estimate of drug-likeness (QED) is 0.0226. The number of allylic oxidation sites excluding steroid dienone is 2. The lowest BCUT2D eigenvalue weighted by atomic mass is 9.98. The van der Waals surface area contributed by atoms with Crippen LogP contribution in [0.3, 0.4) is 0 Å². The fraction of sp³-hybridized carbons (Fsp3) is 0.935. The van der Waals surface area contributed by atoms with Crippen LogP contribution >= 0.6 is 0 Å². The van der Waals surface area contributed by atoms with E-state index in [0.29, 0.717) is 12.8 Å². The van der Waals surface area contributed by atoms with Crippen LogP contribution in [0.2, 0.25) is 0 Å². The van der Waals surface area contributed by atoms with E-state index in [1.165, 1.54) is 128 Å². The molecule has 8 N–H and O–H groups in total. The Morgan fingerprint density at radius 2 is 1.04 bits per heavy atom. The molecule has 57 heavy (non-hydrogen) atoms. The van der Waals surface area contributed by atoms with Gasteiger partial charge < -0.3 is 50.5 Å². The first kappa shape index (κ1) is 53.9. The van der Waals surface area contributed by atoms with Crippen LogP contribution in [0.5, 0.6) is 0 Å². The molecule has 1 unspecified atom stereocenters. The zero-order chi connectivity index (χ0) is 41.9. The maximum atomic E-state index is 13.1. The van der Waals surface area contributed by atoms with Crippen LogP contribution in [0, 0.1) is 0 Å². The minimum absolute atomic E-state index is 0.259. The number of carbonyl (C=O) groups excluding carboxylic acids is 1. The number of hydrogen-bond donors (Lipinski definition) is 8. The van der Waals surface area contributed by atoms with E-state index in [1.54, 1.807) is 0 Å². The van der Waals surface area contributed by atoms with Crippen LogP contribution in [0.4, 0.5) is 0 Å². The normalized spacial score (nSPS) is 22.2. The Hall–Kier alpha value is -1.15. The van der Waals surface area contributed by atoms with Crippen molar-refractivity contribution >= 4 is 5.91 Å². The van der Waals surface area contributed by atoms with Crippen LogP contribution in [-0.4, -0.2) is 110 Å². The van der Waals surface area contributed by atoms with E-state index in [0.717, 1.165) is 38.5 Å². The van der Waals surface area contributed by atoms with E-state index in [-0.39, 0.29) is 12.8 Å². The largest absolute Gasteiger partial charge is 0.394 e. The average Bonchev–Trinajstić information content (AvgIpc) is 3.21. The summed E-state index contributed by atoms with van der Waals surface area (Å²) < 4.78 is 11.1. The lowest BCUT2D eigenvalue weighted by Crippen LogP contribution is -2.60. The van der Waals surface area contributed by atoms with E-state index in [9.17, 15) is 40.5 Å². The van der Waals surface area contributed by atoms with E-state index in [1.807, 2.05) is 0 Å². The third-order valence-corrected chi connectivity index (χ3v) is 11.6. The molecule has 0 aromatic heterocycles. The zero-order valence-electron chi connectivity index (χ0n) is 36.3. The molecule has 1 rings (SSSR count). The van der Waals surface area contributed by atoms with Gasteiger partial charge in [-0.25, -0.2) is 0 Å². The summed E-state index contributed by atoms with van der Waals surface area (Å²) in [6, 6.07) is -1.18. The number of aliphatic hydroxyl groups excluding tert-OH is 7. The summed E-state index contributed by atoms with van der Waals surface area (Å²) in [5, 5.41) is 75.6. The number of amides is 1. The van der Waals surface area contributed by atoms with Gasteiger partial charge in [0.2, 0.25) is 5.91 Å². The molecule has 1 fully saturated rings. The predicted octanol–water partition coefficient (Wildman–Crippen LogP) is 7.67. The predicted molar refractivity (Wildman–Crippen MR) is 229 cm³/mol. The molecule has 1 aliphatic rings. The van der Waals surface area contributed by atoms with Crippen LogP contribution < -0.4 is 5.32 Å². The van der Waals surface area contributed by atoms with Crippen molar-refractivity contribution in [1.29, 1.82) is 0 Å². The molecule has 0 saturated carbocycles. The van der Waals surface area contributed by atoms with Crippen LogP contribution in [0.25, 0.3) is 0 Å². The standard InChI is InChI=1S/C46H89NO10/c1-3-5-7-9-11-13-15-17-18-19-20-21-22-24-26-28-30-32-34-39(50)45(55)47-37(36-56-46-44(54)43(53)42(52)40(35-48)57-46)41(51)38(49)33-31-29-27-25-23-16-14-12-10-8-6-4-2/h25,27,37-44,46,48-54H,3-24,26,28-36H2,1-2H3,(H,47,55)/b27-25+/t37-,38+,39?,40+,41-,42+,43-,44+,46+/m0/s1. The Morgan fingerprint density at radius 3 is 1.51 bits per heavy atom. The molecule has 11 nitrogen and oxygen atoms in total. The summed E-state index contributed by atoms with van der Waals surface area (Å²) in [6.07, 6.45) is 26.9. The van der Waals surface area contributed by atoms with Crippen molar-refractivity contribution < 1.29 is 50.0 Å². The lowest BCUT2D eigenvalue weighted by Gasteiger charge is -2.40. The highest BCUT2D eigenvalue weighted by molar-refractivity contribution is 5.80.